The lowest BCUT2D eigenvalue weighted by Crippen LogP contribution is -2.35. The normalized spacial score (nSPS) is 13.3. The van der Waals surface area contributed by atoms with Gasteiger partial charge in [0.1, 0.15) is 0 Å². The number of rotatable bonds is 21. The molecule has 0 aliphatic rings. The summed E-state index contributed by atoms with van der Waals surface area (Å²) in [4.78, 5) is 0. The highest BCUT2D eigenvalue weighted by Gasteiger charge is 2.34. The summed E-state index contributed by atoms with van der Waals surface area (Å²) in [6.45, 7) is 11.9. The van der Waals surface area contributed by atoms with Gasteiger partial charge in [0.15, 0.2) is 0 Å². The molecule has 0 saturated carbocycles. The van der Waals surface area contributed by atoms with Gasteiger partial charge in [-0.15, -0.1) is 0 Å². The lowest BCUT2D eigenvalue weighted by atomic mass is 10.6. The summed E-state index contributed by atoms with van der Waals surface area (Å²) in [5.41, 5.74) is 0. The van der Waals surface area contributed by atoms with E-state index in [1.807, 2.05) is 0 Å². The van der Waals surface area contributed by atoms with Crippen molar-refractivity contribution in [1.29, 1.82) is 0 Å². The van der Waals surface area contributed by atoms with E-state index in [9.17, 15) is 13.7 Å². The van der Waals surface area contributed by atoms with E-state index in [2.05, 4.69) is 10.2 Å². The van der Waals surface area contributed by atoms with E-state index in [0.717, 1.165) is 0 Å². The third-order valence-corrected chi connectivity index (χ3v) is 9.35. The van der Waals surface area contributed by atoms with Gasteiger partial charge in [0, 0.05) is 26.2 Å². The van der Waals surface area contributed by atoms with Gasteiger partial charge in [-0.1, -0.05) is 0 Å². The highest BCUT2D eigenvalue weighted by molar-refractivity contribution is 7.52. The van der Waals surface area contributed by atoms with Gasteiger partial charge in [-0.25, -0.2) is 28.5 Å². The fourth-order valence-corrected chi connectivity index (χ4v) is 6.82. The first-order valence-corrected chi connectivity index (χ1v) is 15.2. The molecule has 0 amide bonds. The van der Waals surface area contributed by atoms with Crippen molar-refractivity contribution in [3.8, 4) is 0 Å². The quantitative estimate of drug-likeness (QED) is 0.216. The Morgan fingerprint density at radius 1 is 0.548 bits per heavy atom. The van der Waals surface area contributed by atoms with Crippen LogP contribution in [0.25, 0.3) is 0 Å². The second kappa shape index (κ2) is 16.9. The summed E-state index contributed by atoms with van der Waals surface area (Å²) in [7, 11) is -10.6. The molecule has 12 nitrogen and oxygen atoms in total. The zero-order valence-electron chi connectivity index (χ0n) is 19.5. The highest BCUT2D eigenvalue weighted by atomic mass is 31.2. The molecule has 188 valence electrons. The first-order chi connectivity index (χ1) is 14.7. The average molecular weight is 511 g/mol. The summed E-state index contributed by atoms with van der Waals surface area (Å²) >= 11 is 0. The molecule has 0 aromatic rings. The molecule has 0 aromatic heterocycles. The lowest BCUT2D eigenvalue weighted by Gasteiger charge is -2.30. The van der Waals surface area contributed by atoms with Crippen molar-refractivity contribution in [1.82, 2.24) is 14.8 Å². The molecular weight excluding hydrogens is 471 g/mol. The third-order valence-electron chi connectivity index (χ3n) is 3.48. The van der Waals surface area contributed by atoms with Gasteiger partial charge in [0.25, 0.3) is 0 Å². The topological polar surface area (TPSA) is 134 Å². The summed E-state index contributed by atoms with van der Waals surface area (Å²) in [6.07, 6.45) is 0. The van der Waals surface area contributed by atoms with Gasteiger partial charge in [-0.3, -0.25) is 27.1 Å². The van der Waals surface area contributed by atoms with E-state index in [4.69, 9.17) is 27.1 Å². The highest BCUT2D eigenvalue weighted by Crippen LogP contribution is 2.52. The molecule has 0 aromatic carbocycles. The van der Waals surface area contributed by atoms with Gasteiger partial charge >= 0.3 is 23.2 Å². The van der Waals surface area contributed by atoms with Gasteiger partial charge in [-0.05, 0) is 41.5 Å². The van der Waals surface area contributed by atoms with Crippen LogP contribution in [0.2, 0.25) is 0 Å². The second-order valence-electron chi connectivity index (χ2n) is 5.74. The monoisotopic (exact) mass is 511 g/mol. The van der Waals surface area contributed by atoms with Crippen LogP contribution in [0.1, 0.15) is 41.5 Å². The van der Waals surface area contributed by atoms with Crippen molar-refractivity contribution in [2.75, 3.05) is 65.8 Å². The van der Waals surface area contributed by atoms with Crippen molar-refractivity contribution in [2.24, 2.45) is 0 Å². The van der Waals surface area contributed by atoms with Gasteiger partial charge in [-0.2, -0.15) is 0 Å². The summed E-state index contributed by atoms with van der Waals surface area (Å²) in [5.74, 6) is 0. The smallest absolute Gasteiger partial charge is 0.297 e. The molecule has 0 heterocycles. The summed E-state index contributed by atoms with van der Waals surface area (Å²) < 4.78 is 71.6. The largest absolute Gasteiger partial charge is 0.408 e. The van der Waals surface area contributed by atoms with E-state index in [1.165, 1.54) is 4.67 Å². The summed E-state index contributed by atoms with van der Waals surface area (Å²) in [5, 5.41) is 5.49. The SMILES string of the molecule is CCOP(=O)(NCCN(CCNP(=O)(OCC)OCC)P(=O)(OCC)OCC)OCC. The molecule has 0 bridgehead atoms. The molecule has 0 aliphatic heterocycles. The molecule has 31 heavy (non-hydrogen) atoms. The standard InChI is InChI=1S/C16H40N3O9P3/c1-7-23-29(20,24-8-2)17-13-15-19(31(22,27-11-5)28-12-6)16-14-18-30(21,25-9-3)26-10-4/h7-16H2,1-6H3,(H,17,20)(H,18,21). The number of hydrogen-bond acceptors (Lipinski definition) is 9. The Kier molecular flexibility index (Phi) is 17.0. The van der Waals surface area contributed by atoms with Crippen LogP contribution in [0.5, 0.6) is 0 Å². The van der Waals surface area contributed by atoms with Crippen molar-refractivity contribution in [3.05, 3.63) is 0 Å². The zero-order chi connectivity index (χ0) is 23.8. The number of nitrogens with zero attached hydrogens (tertiary/aromatic N) is 1. The maximum atomic E-state index is 13.3. The minimum Gasteiger partial charge on any atom is -0.297 e. The molecular formula is C16H40N3O9P3. The third kappa shape index (κ3) is 12.4. The molecule has 0 unspecified atom stereocenters. The van der Waals surface area contributed by atoms with Crippen molar-refractivity contribution in [2.45, 2.75) is 41.5 Å². The van der Waals surface area contributed by atoms with Crippen molar-refractivity contribution < 1.29 is 40.8 Å². The lowest BCUT2D eigenvalue weighted by molar-refractivity contribution is 0.165. The van der Waals surface area contributed by atoms with Crippen LogP contribution >= 0.6 is 23.2 Å². The molecule has 0 radical (unpaired) electrons. The van der Waals surface area contributed by atoms with Crippen LogP contribution in [0.4, 0.5) is 0 Å². The Morgan fingerprint density at radius 3 is 1.10 bits per heavy atom. The Morgan fingerprint density at radius 2 is 0.839 bits per heavy atom. The van der Waals surface area contributed by atoms with Gasteiger partial charge < -0.3 is 0 Å². The molecule has 0 saturated heterocycles. The molecule has 15 heteroatoms. The van der Waals surface area contributed by atoms with Crippen molar-refractivity contribution in [3.63, 3.8) is 0 Å². The predicted octanol–water partition coefficient (Wildman–Crippen LogP) is 4.01. The average Bonchev–Trinajstić information content (AvgIpc) is 2.68. The maximum absolute atomic E-state index is 13.3. The Bertz CT molecular complexity index is 546. The Labute approximate surface area is 186 Å². The maximum Gasteiger partial charge on any atom is 0.408 e. The van der Waals surface area contributed by atoms with Crippen LogP contribution < -0.4 is 10.2 Å². The van der Waals surface area contributed by atoms with Crippen LogP contribution in [0.3, 0.4) is 0 Å². The number of nitrogens with one attached hydrogen (secondary N) is 2. The van der Waals surface area contributed by atoms with E-state index in [1.54, 1.807) is 41.5 Å². The van der Waals surface area contributed by atoms with E-state index in [0.29, 0.717) is 0 Å². The minimum absolute atomic E-state index is 0.121. The molecule has 0 spiro atoms. The first-order valence-electron chi connectivity index (χ1n) is 10.6. The Hall–Kier alpha value is 0.330. The summed E-state index contributed by atoms with van der Waals surface area (Å²) in [6, 6.07) is 0. The van der Waals surface area contributed by atoms with E-state index < -0.39 is 23.2 Å². The fourth-order valence-electron chi connectivity index (χ4n) is 2.45. The zero-order valence-corrected chi connectivity index (χ0v) is 22.2. The molecule has 2 N–H and O–H groups in total. The minimum atomic E-state index is -3.64. The van der Waals surface area contributed by atoms with Crippen LogP contribution in [0, 0.1) is 0 Å². The van der Waals surface area contributed by atoms with Gasteiger partial charge in [0.2, 0.25) is 0 Å². The van der Waals surface area contributed by atoms with Crippen molar-refractivity contribution >= 4 is 23.2 Å². The van der Waals surface area contributed by atoms with E-state index in [-0.39, 0.29) is 65.8 Å². The molecule has 0 fully saturated rings. The fraction of sp³-hybridized carbons (Fsp3) is 1.00. The Balaban J connectivity index is 5.27. The molecule has 0 rings (SSSR count). The molecule has 0 atom stereocenters. The van der Waals surface area contributed by atoms with Crippen LogP contribution in [0.15, 0.2) is 0 Å². The second-order valence-corrected chi connectivity index (χ2v) is 11.4. The van der Waals surface area contributed by atoms with Crippen LogP contribution in [-0.2, 0) is 40.8 Å². The van der Waals surface area contributed by atoms with Crippen LogP contribution in [-0.4, -0.2) is 70.5 Å². The first kappa shape index (κ1) is 31.3. The van der Waals surface area contributed by atoms with E-state index >= 15 is 0 Å². The van der Waals surface area contributed by atoms with Gasteiger partial charge in [0.05, 0.1) is 39.6 Å². The predicted molar refractivity (Wildman–Crippen MR) is 120 cm³/mol. The number of hydrogen-bond donors (Lipinski definition) is 2. The molecule has 0 aliphatic carbocycles.